The molecule has 0 aliphatic heterocycles. The molecule has 128 valence electrons. The number of ether oxygens (including phenoxy) is 1. The molecule has 1 aromatic carbocycles. The van der Waals surface area contributed by atoms with Crippen LogP contribution in [0.25, 0.3) is 0 Å². The second-order valence-corrected chi connectivity index (χ2v) is 6.41. The summed E-state index contributed by atoms with van der Waals surface area (Å²) in [5, 5.41) is 3.40. The molecule has 0 heterocycles. The molecule has 0 unspecified atom stereocenters. The standard InChI is InChI=1S/C18H27N3O.HI/c1-2-22-15-10-8-13(9-11-15)16-12-17(16)21-18(19)20-14-6-4-3-5-7-14;/h8-11,14,16-17H,2-7,12H2,1H3,(H3,19,20,21);1H/t16-,17+;/m0./s1. The van der Waals surface area contributed by atoms with Crippen molar-refractivity contribution in [1.29, 1.82) is 0 Å². The van der Waals surface area contributed by atoms with Crippen LogP contribution in [-0.2, 0) is 0 Å². The maximum Gasteiger partial charge on any atom is 0.189 e. The lowest BCUT2D eigenvalue weighted by Gasteiger charge is -2.23. The lowest BCUT2D eigenvalue weighted by atomic mass is 9.96. The highest BCUT2D eigenvalue weighted by Crippen LogP contribution is 2.43. The van der Waals surface area contributed by atoms with Crippen molar-refractivity contribution in [1.82, 2.24) is 5.32 Å². The first-order valence-corrected chi connectivity index (χ1v) is 8.59. The summed E-state index contributed by atoms with van der Waals surface area (Å²) >= 11 is 0. The highest BCUT2D eigenvalue weighted by molar-refractivity contribution is 14.0. The van der Waals surface area contributed by atoms with E-state index in [-0.39, 0.29) is 24.0 Å². The Morgan fingerprint density at radius 2 is 1.91 bits per heavy atom. The lowest BCUT2D eigenvalue weighted by Crippen LogP contribution is -2.41. The van der Waals surface area contributed by atoms with Crippen molar-refractivity contribution in [2.24, 2.45) is 10.7 Å². The second-order valence-electron chi connectivity index (χ2n) is 6.41. The zero-order valence-electron chi connectivity index (χ0n) is 13.8. The van der Waals surface area contributed by atoms with E-state index in [1.54, 1.807) is 0 Å². The number of nitrogens with one attached hydrogen (secondary N) is 1. The maximum atomic E-state index is 6.07. The van der Waals surface area contributed by atoms with Gasteiger partial charge in [0.15, 0.2) is 5.96 Å². The van der Waals surface area contributed by atoms with Gasteiger partial charge < -0.3 is 15.8 Å². The number of nitrogens with two attached hydrogens (primary N) is 1. The van der Waals surface area contributed by atoms with Crippen molar-refractivity contribution < 1.29 is 4.74 Å². The third kappa shape index (κ3) is 5.26. The number of hydrogen-bond acceptors (Lipinski definition) is 2. The van der Waals surface area contributed by atoms with Gasteiger partial charge in [-0.3, -0.25) is 0 Å². The summed E-state index contributed by atoms with van der Waals surface area (Å²) in [6.45, 7) is 2.71. The monoisotopic (exact) mass is 429 g/mol. The van der Waals surface area contributed by atoms with E-state index in [1.165, 1.54) is 37.7 Å². The Morgan fingerprint density at radius 3 is 2.57 bits per heavy atom. The van der Waals surface area contributed by atoms with Gasteiger partial charge in [0.25, 0.3) is 0 Å². The summed E-state index contributed by atoms with van der Waals surface area (Å²) < 4.78 is 5.48. The normalized spacial score (nSPS) is 24.7. The number of hydrogen-bond donors (Lipinski definition) is 2. The fraction of sp³-hybridized carbons (Fsp3) is 0.611. The van der Waals surface area contributed by atoms with Gasteiger partial charge in [0.1, 0.15) is 5.75 Å². The van der Waals surface area contributed by atoms with Gasteiger partial charge in [0, 0.05) is 12.0 Å². The van der Waals surface area contributed by atoms with E-state index in [9.17, 15) is 0 Å². The molecule has 2 aliphatic rings. The zero-order chi connectivity index (χ0) is 15.4. The van der Waals surface area contributed by atoms with Crippen molar-refractivity contribution in [3.05, 3.63) is 29.8 Å². The van der Waals surface area contributed by atoms with E-state index >= 15 is 0 Å². The molecule has 2 saturated carbocycles. The number of benzene rings is 1. The van der Waals surface area contributed by atoms with Gasteiger partial charge in [0.05, 0.1) is 12.6 Å². The molecular weight excluding hydrogens is 401 g/mol. The van der Waals surface area contributed by atoms with E-state index in [2.05, 4.69) is 22.4 Å². The van der Waals surface area contributed by atoms with E-state index in [4.69, 9.17) is 10.5 Å². The van der Waals surface area contributed by atoms with Crippen molar-refractivity contribution >= 4 is 29.9 Å². The molecule has 1 aromatic rings. The Morgan fingerprint density at radius 1 is 1.22 bits per heavy atom. The average Bonchev–Trinajstić information content (AvgIpc) is 3.28. The van der Waals surface area contributed by atoms with Gasteiger partial charge in [-0.2, -0.15) is 0 Å². The molecular formula is C18H28IN3O. The summed E-state index contributed by atoms with van der Waals surface area (Å²) in [6.07, 6.45) is 7.53. The predicted octanol–water partition coefficient (Wildman–Crippen LogP) is 3.80. The minimum Gasteiger partial charge on any atom is -0.494 e. The Kier molecular flexibility index (Phi) is 6.99. The largest absolute Gasteiger partial charge is 0.494 e. The zero-order valence-corrected chi connectivity index (χ0v) is 16.2. The van der Waals surface area contributed by atoms with E-state index in [0.29, 0.717) is 30.6 Å². The molecule has 2 fully saturated rings. The summed E-state index contributed by atoms with van der Waals surface area (Å²) in [6, 6.07) is 9.25. The molecule has 0 bridgehead atoms. The van der Waals surface area contributed by atoms with Crippen LogP contribution in [0.2, 0.25) is 0 Å². The molecule has 2 aliphatic carbocycles. The lowest BCUT2D eigenvalue weighted by molar-refractivity contribution is 0.340. The van der Waals surface area contributed by atoms with Crippen LogP contribution in [-0.4, -0.2) is 24.7 Å². The topological polar surface area (TPSA) is 59.6 Å². The second kappa shape index (κ2) is 8.76. The van der Waals surface area contributed by atoms with Crippen LogP contribution >= 0.6 is 24.0 Å². The third-order valence-corrected chi connectivity index (χ3v) is 4.64. The van der Waals surface area contributed by atoms with Gasteiger partial charge in [-0.05, 0) is 43.9 Å². The quantitative estimate of drug-likeness (QED) is 0.425. The molecule has 0 spiro atoms. The minimum atomic E-state index is 0. The maximum absolute atomic E-state index is 6.07. The van der Waals surface area contributed by atoms with Crippen LogP contribution in [0.1, 0.15) is 56.9 Å². The minimum absolute atomic E-state index is 0. The highest BCUT2D eigenvalue weighted by atomic mass is 127. The fourth-order valence-corrected chi connectivity index (χ4v) is 3.33. The number of rotatable bonds is 5. The molecule has 23 heavy (non-hydrogen) atoms. The molecule has 5 heteroatoms. The van der Waals surface area contributed by atoms with Gasteiger partial charge in [-0.25, -0.2) is 4.99 Å². The number of nitrogens with zero attached hydrogens (tertiary/aromatic N) is 1. The third-order valence-electron chi connectivity index (χ3n) is 4.64. The molecule has 0 saturated heterocycles. The number of halogens is 1. The molecule has 2 atom stereocenters. The molecule has 3 rings (SSSR count). The van der Waals surface area contributed by atoms with Crippen LogP contribution in [0.15, 0.2) is 29.3 Å². The van der Waals surface area contributed by atoms with Crippen LogP contribution in [0.5, 0.6) is 5.75 Å². The molecule has 3 N–H and O–H groups in total. The number of guanidine groups is 1. The summed E-state index contributed by atoms with van der Waals surface area (Å²) in [5.41, 5.74) is 7.40. The van der Waals surface area contributed by atoms with Crippen molar-refractivity contribution in [2.45, 2.75) is 63.5 Å². The van der Waals surface area contributed by atoms with Crippen molar-refractivity contribution in [3.8, 4) is 5.75 Å². The van der Waals surface area contributed by atoms with Crippen LogP contribution < -0.4 is 15.8 Å². The Hall–Kier alpha value is -0.980. The van der Waals surface area contributed by atoms with Crippen LogP contribution in [0, 0.1) is 0 Å². The van der Waals surface area contributed by atoms with E-state index in [1.807, 2.05) is 19.1 Å². The first kappa shape index (κ1) is 18.4. The molecule has 0 amide bonds. The van der Waals surface area contributed by atoms with E-state index < -0.39 is 0 Å². The summed E-state index contributed by atoms with van der Waals surface area (Å²) in [5.74, 6) is 2.08. The Balaban J connectivity index is 0.00000192. The van der Waals surface area contributed by atoms with Crippen LogP contribution in [0.3, 0.4) is 0 Å². The summed E-state index contributed by atoms with van der Waals surface area (Å²) in [4.78, 5) is 4.65. The van der Waals surface area contributed by atoms with Crippen molar-refractivity contribution in [3.63, 3.8) is 0 Å². The Bertz CT molecular complexity index is 512. The highest BCUT2D eigenvalue weighted by Gasteiger charge is 2.38. The van der Waals surface area contributed by atoms with Crippen molar-refractivity contribution in [2.75, 3.05) is 6.61 Å². The van der Waals surface area contributed by atoms with Gasteiger partial charge in [-0.15, -0.1) is 24.0 Å². The van der Waals surface area contributed by atoms with E-state index in [0.717, 1.165) is 12.2 Å². The first-order chi connectivity index (χ1) is 10.8. The first-order valence-electron chi connectivity index (χ1n) is 8.59. The smallest absolute Gasteiger partial charge is 0.189 e. The Labute approximate surface area is 156 Å². The fourth-order valence-electron chi connectivity index (χ4n) is 3.33. The molecule has 4 nitrogen and oxygen atoms in total. The number of aliphatic imine (C=N–C) groups is 1. The van der Waals surface area contributed by atoms with Gasteiger partial charge >= 0.3 is 0 Å². The van der Waals surface area contributed by atoms with Crippen LogP contribution in [0.4, 0.5) is 0 Å². The van der Waals surface area contributed by atoms with Gasteiger partial charge in [-0.1, -0.05) is 31.4 Å². The molecule has 0 aromatic heterocycles. The average molecular weight is 429 g/mol. The SMILES string of the molecule is CCOc1ccc([C@@H]2C[C@H]2N=C(N)NC2CCCCC2)cc1.I. The molecule has 0 radical (unpaired) electrons. The predicted molar refractivity (Wildman–Crippen MR) is 106 cm³/mol. The van der Waals surface area contributed by atoms with Gasteiger partial charge in [0.2, 0.25) is 0 Å². The summed E-state index contributed by atoms with van der Waals surface area (Å²) in [7, 11) is 0.